The molecule has 9 heteroatoms. The van der Waals surface area contributed by atoms with E-state index in [0.717, 1.165) is 107 Å². The van der Waals surface area contributed by atoms with Crippen LogP contribution in [0.5, 0.6) is 0 Å². The number of rotatable bonds is 12. The van der Waals surface area contributed by atoms with Crippen molar-refractivity contribution in [3.8, 4) is 0 Å². The number of imidazole rings is 1. The van der Waals surface area contributed by atoms with E-state index in [2.05, 4.69) is 50.4 Å². The monoisotopic (exact) mass is 560 g/mol. The lowest BCUT2D eigenvalue weighted by molar-refractivity contribution is 0.118. The summed E-state index contributed by atoms with van der Waals surface area (Å²) in [4.78, 5) is 17.4. The van der Waals surface area contributed by atoms with Crippen LogP contribution in [0, 0.1) is 0 Å². The van der Waals surface area contributed by atoms with E-state index < -0.39 is 0 Å². The van der Waals surface area contributed by atoms with E-state index in [1.165, 1.54) is 31.2 Å². The lowest BCUT2D eigenvalue weighted by Gasteiger charge is -2.32. The highest BCUT2D eigenvalue weighted by atomic mass is 16.5. The number of piperidine rings is 1. The van der Waals surface area contributed by atoms with Gasteiger partial charge in [0.25, 0.3) is 0 Å². The molecule has 1 aliphatic heterocycles. The minimum Gasteiger partial charge on any atom is -0.381 e. The van der Waals surface area contributed by atoms with Gasteiger partial charge in [-0.3, -0.25) is 0 Å². The van der Waals surface area contributed by atoms with Crippen LogP contribution in [0.2, 0.25) is 0 Å². The fourth-order valence-corrected chi connectivity index (χ4v) is 6.80. The first-order valence-corrected chi connectivity index (χ1v) is 16.1. The van der Waals surface area contributed by atoms with Crippen molar-refractivity contribution in [2.24, 2.45) is 5.73 Å². The van der Waals surface area contributed by atoms with Crippen molar-refractivity contribution in [3.05, 3.63) is 42.2 Å². The summed E-state index contributed by atoms with van der Waals surface area (Å²) in [6.07, 6.45) is 15.5. The van der Waals surface area contributed by atoms with Gasteiger partial charge in [-0.05, 0) is 69.8 Å². The number of likely N-dealkylation sites (tertiary alicyclic amines) is 1. The average Bonchev–Trinajstić information content (AvgIpc) is 3.68. The SMILES string of the molecule is NC1CCC(Nc2nc(NC3CCN(CCCOCCc4ccccc4)CC3)nc3c2ncn3C2CCCC2)CC1. The highest BCUT2D eigenvalue weighted by molar-refractivity contribution is 5.84. The van der Waals surface area contributed by atoms with Crippen LogP contribution in [-0.2, 0) is 11.2 Å². The van der Waals surface area contributed by atoms with Crippen molar-refractivity contribution in [2.75, 3.05) is 43.5 Å². The van der Waals surface area contributed by atoms with Gasteiger partial charge in [0.05, 0.1) is 12.9 Å². The molecule has 3 heterocycles. The summed E-state index contributed by atoms with van der Waals surface area (Å²) in [5.74, 6) is 1.61. The normalized spacial score (nSPS) is 22.9. The third-order valence-electron chi connectivity index (χ3n) is 9.31. The number of nitrogens with two attached hydrogens (primary N) is 1. The second-order valence-electron chi connectivity index (χ2n) is 12.4. The Morgan fingerprint density at radius 3 is 2.39 bits per heavy atom. The maximum atomic E-state index is 6.17. The van der Waals surface area contributed by atoms with Crippen LogP contribution in [0.15, 0.2) is 36.7 Å². The van der Waals surface area contributed by atoms with Crippen LogP contribution in [0.1, 0.15) is 82.2 Å². The minimum atomic E-state index is 0.329. The molecule has 0 spiro atoms. The number of ether oxygens (including phenoxy) is 1. The molecule has 3 fully saturated rings. The maximum absolute atomic E-state index is 6.17. The first kappa shape index (κ1) is 28.4. The van der Waals surface area contributed by atoms with E-state index in [1.807, 2.05) is 6.33 Å². The number of hydrogen-bond donors (Lipinski definition) is 3. The molecular formula is C32H48N8O. The third kappa shape index (κ3) is 7.56. The Morgan fingerprint density at radius 2 is 1.61 bits per heavy atom. The highest BCUT2D eigenvalue weighted by Crippen LogP contribution is 2.34. The van der Waals surface area contributed by atoms with E-state index in [-0.39, 0.29) is 0 Å². The molecule has 0 radical (unpaired) electrons. The Hall–Kier alpha value is -2.75. The summed E-state index contributed by atoms with van der Waals surface area (Å²) < 4.78 is 8.21. The van der Waals surface area contributed by atoms with Gasteiger partial charge >= 0.3 is 0 Å². The Bertz CT molecular complexity index is 1210. The van der Waals surface area contributed by atoms with E-state index in [9.17, 15) is 0 Å². The van der Waals surface area contributed by atoms with Crippen LogP contribution in [0.25, 0.3) is 11.2 Å². The van der Waals surface area contributed by atoms with Crippen LogP contribution in [-0.4, -0.2) is 75.4 Å². The number of nitrogens with zero attached hydrogens (tertiary/aromatic N) is 5. The lowest BCUT2D eigenvalue weighted by atomic mass is 9.92. The number of fused-ring (bicyclic) bond motifs is 1. The predicted molar refractivity (Wildman–Crippen MR) is 165 cm³/mol. The van der Waals surface area contributed by atoms with Gasteiger partial charge in [0.2, 0.25) is 5.95 Å². The summed E-state index contributed by atoms with van der Waals surface area (Å²) in [6.45, 7) is 4.91. The average molecular weight is 561 g/mol. The second-order valence-corrected chi connectivity index (χ2v) is 12.4. The third-order valence-corrected chi connectivity index (χ3v) is 9.31. The number of nitrogens with one attached hydrogen (secondary N) is 2. The molecule has 2 aliphatic carbocycles. The molecule has 222 valence electrons. The quantitative estimate of drug-likeness (QED) is 0.261. The molecule has 3 aliphatic rings. The molecule has 1 aromatic carbocycles. The Labute approximate surface area is 244 Å². The Balaban J connectivity index is 1.02. The van der Waals surface area contributed by atoms with Crippen molar-refractivity contribution in [1.29, 1.82) is 0 Å². The van der Waals surface area contributed by atoms with Gasteiger partial charge in [0.1, 0.15) is 0 Å². The molecule has 3 aromatic rings. The first-order valence-electron chi connectivity index (χ1n) is 16.1. The molecule has 9 nitrogen and oxygen atoms in total. The minimum absolute atomic E-state index is 0.329. The Morgan fingerprint density at radius 1 is 0.854 bits per heavy atom. The molecule has 0 bridgehead atoms. The fourth-order valence-electron chi connectivity index (χ4n) is 6.80. The predicted octanol–water partition coefficient (Wildman–Crippen LogP) is 5.15. The number of hydrogen-bond acceptors (Lipinski definition) is 8. The van der Waals surface area contributed by atoms with Crippen molar-refractivity contribution >= 4 is 22.9 Å². The zero-order valence-electron chi connectivity index (χ0n) is 24.5. The molecule has 0 unspecified atom stereocenters. The molecule has 1 saturated heterocycles. The zero-order valence-corrected chi connectivity index (χ0v) is 24.5. The topological polar surface area (TPSA) is 106 Å². The van der Waals surface area contributed by atoms with Crippen LogP contribution >= 0.6 is 0 Å². The van der Waals surface area contributed by atoms with Gasteiger partial charge in [-0.15, -0.1) is 0 Å². The lowest BCUT2D eigenvalue weighted by Crippen LogP contribution is -2.40. The molecule has 41 heavy (non-hydrogen) atoms. The number of anilines is 2. The van der Waals surface area contributed by atoms with Crippen LogP contribution in [0.4, 0.5) is 11.8 Å². The van der Waals surface area contributed by atoms with Gasteiger partial charge in [0, 0.05) is 50.4 Å². The smallest absolute Gasteiger partial charge is 0.227 e. The van der Waals surface area contributed by atoms with Crippen LogP contribution in [0.3, 0.4) is 0 Å². The summed E-state index contributed by atoms with van der Waals surface area (Å²) in [5.41, 5.74) is 9.38. The maximum Gasteiger partial charge on any atom is 0.227 e. The van der Waals surface area contributed by atoms with E-state index in [4.69, 9.17) is 25.4 Å². The van der Waals surface area contributed by atoms with Crippen molar-refractivity contribution < 1.29 is 4.74 Å². The summed E-state index contributed by atoms with van der Waals surface area (Å²) in [6, 6.07) is 12.2. The van der Waals surface area contributed by atoms with Gasteiger partial charge in [0.15, 0.2) is 17.0 Å². The summed E-state index contributed by atoms with van der Waals surface area (Å²) in [5, 5.41) is 7.45. The Kier molecular flexibility index (Phi) is 9.65. The van der Waals surface area contributed by atoms with E-state index in [0.29, 0.717) is 24.2 Å². The number of aromatic nitrogens is 4. The molecule has 0 atom stereocenters. The van der Waals surface area contributed by atoms with Gasteiger partial charge in [-0.2, -0.15) is 9.97 Å². The van der Waals surface area contributed by atoms with Gasteiger partial charge in [-0.1, -0.05) is 43.2 Å². The van der Waals surface area contributed by atoms with Crippen LogP contribution < -0.4 is 16.4 Å². The molecular weight excluding hydrogens is 512 g/mol. The molecule has 2 aromatic heterocycles. The largest absolute Gasteiger partial charge is 0.381 e. The molecule has 2 saturated carbocycles. The van der Waals surface area contributed by atoms with E-state index >= 15 is 0 Å². The van der Waals surface area contributed by atoms with Crippen molar-refractivity contribution in [1.82, 2.24) is 24.4 Å². The van der Waals surface area contributed by atoms with E-state index in [1.54, 1.807) is 0 Å². The van der Waals surface area contributed by atoms with Gasteiger partial charge in [-0.25, -0.2) is 4.98 Å². The summed E-state index contributed by atoms with van der Waals surface area (Å²) >= 11 is 0. The standard InChI is InChI=1S/C32H48N8O/c33-25-11-13-26(14-12-25)35-30-29-31(40(23-34-29)28-9-4-5-10-28)38-32(37-30)36-27-15-19-39(20-16-27)18-6-21-41-22-17-24-7-2-1-3-8-24/h1-3,7-8,23,25-28H,4-6,9-22,33H2,(H2,35,36,37,38). The fraction of sp³-hybridized carbons (Fsp3) is 0.656. The highest BCUT2D eigenvalue weighted by Gasteiger charge is 2.26. The van der Waals surface area contributed by atoms with Gasteiger partial charge < -0.3 is 30.6 Å². The molecule has 6 rings (SSSR count). The molecule has 4 N–H and O–H groups in total. The molecule has 0 amide bonds. The second kappa shape index (κ2) is 13.9. The number of benzene rings is 1. The van der Waals surface area contributed by atoms with Crippen molar-refractivity contribution in [3.63, 3.8) is 0 Å². The summed E-state index contributed by atoms with van der Waals surface area (Å²) in [7, 11) is 0. The zero-order chi connectivity index (χ0) is 27.9. The van der Waals surface area contributed by atoms with Crippen molar-refractivity contribution in [2.45, 2.75) is 101 Å². The first-order chi connectivity index (χ1) is 20.2.